The van der Waals surface area contributed by atoms with Crippen molar-refractivity contribution >= 4 is 23.6 Å². The summed E-state index contributed by atoms with van der Waals surface area (Å²) in [6.07, 6.45) is 7.82. The Hall–Kier alpha value is -1.79. The van der Waals surface area contributed by atoms with Gasteiger partial charge in [-0.05, 0) is 100 Å². The van der Waals surface area contributed by atoms with Gasteiger partial charge in [0.2, 0.25) is 0 Å². The number of halogens is 1. The van der Waals surface area contributed by atoms with Gasteiger partial charge in [0.25, 0.3) is 5.91 Å². The summed E-state index contributed by atoms with van der Waals surface area (Å²) in [5.41, 5.74) is 1.47. The molecule has 0 spiro atoms. The monoisotopic (exact) mass is 501 g/mol. The molecule has 4 bridgehead atoms. The molecule has 1 aliphatic heterocycles. The van der Waals surface area contributed by atoms with Gasteiger partial charge in [-0.2, -0.15) is 0 Å². The molecule has 0 aromatic heterocycles. The van der Waals surface area contributed by atoms with E-state index in [1.165, 1.54) is 38.5 Å². The first-order valence-corrected chi connectivity index (χ1v) is 13.7. The fourth-order valence-corrected chi connectivity index (χ4v) is 7.59. The third-order valence-electron chi connectivity index (χ3n) is 8.49. The lowest BCUT2D eigenvalue weighted by atomic mass is 9.49. The standard InChI is InChI=1S/C28H40ClN3O3/c1-27(2,3)35-26(34)32-8-6-31(7-9-32)17-19-4-5-24(29)23(13-19)25(33)30-18-28-14-20-10-21(15-28)12-22(11-20)16-28/h4-5,13,20-22H,6-12,14-18H2,1-3H3,(H,30,33). The van der Waals surface area contributed by atoms with Gasteiger partial charge in [0.05, 0.1) is 10.6 Å². The highest BCUT2D eigenvalue weighted by Crippen LogP contribution is 2.59. The molecule has 4 saturated carbocycles. The van der Waals surface area contributed by atoms with Crippen molar-refractivity contribution in [2.45, 2.75) is 71.4 Å². The molecule has 192 valence electrons. The topological polar surface area (TPSA) is 61.9 Å². The molecule has 1 saturated heterocycles. The highest BCUT2D eigenvalue weighted by Gasteiger charge is 2.50. The summed E-state index contributed by atoms with van der Waals surface area (Å²) in [5, 5.41) is 3.78. The van der Waals surface area contributed by atoms with Crippen LogP contribution in [-0.4, -0.2) is 60.1 Å². The van der Waals surface area contributed by atoms with Crippen LogP contribution in [0.15, 0.2) is 18.2 Å². The molecular weight excluding hydrogens is 462 g/mol. The van der Waals surface area contributed by atoms with Crippen LogP contribution >= 0.6 is 11.6 Å². The van der Waals surface area contributed by atoms with Crippen LogP contribution in [0.25, 0.3) is 0 Å². The first kappa shape index (κ1) is 24.9. The minimum absolute atomic E-state index is 0.0534. The Kier molecular flexibility index (Phi) is 6.82. The Bertz CT molecular complexity index is 929. The van der Waals surface area contributed by atoms with Crippen molar-refractivity contribution in [2.75, 3.05) is 32.7 Å². The number of carbonyl (C=O) groups is 2. The van der Waals surface area contributed by atoms with Crippen LogP contribution in [0, 0.1) is 23.2 Å². The number of piperazine rings is 1. The predicted octanol–water partition coefficient (Wildman–Crippen LogP) is 5.34. The molecule has 7 heteroatoms. The van der Waals surface area contributed by atoms with Crippen molar-refractivity contribution in [2.24, 2.45) is 23.2 Å². The van der Waals surface area contributed by atoms with E-state index in [2.05, 4.69) is 10.2 Å². The second-order valence-corrected chi connectivity index (χ2v) is 13.1. The number of carbonyl (C=O) groups excluding carboxylic acids is 2. The van der Waals surface area contributed by atoms with E-state index >= 15 is 0 Å². The molecule has 1 aromatic carbocycles. The van der Waals surface area contributed by atoms with Gasteiger partial charge in [0.15, 0.2) is 0 Å². The van der Waals surface area contributed by atoms with Crippen LogP contribution in [0.1, 0.15) is 75.2 Å². The zero-order chi connectivity index (χ0) is 24.8. The lowest BCUT2D eigenvalue weighted by Gasteiger charge is -2.56. The molecule has 35 heavy (non-hydrogen) atoms. The summed E-state index contributed by atoms with van der Waals surface area (Å²) < 4.78 is 5.49. The Morgan fingerprint density at radius 2 is 1.63 bits per heavy atom. The maximum atomic E-state index is 13.2. The van der Waals surface area contributed by atoms with E-state index in [-0.39, 0.29) is 12.0 Å². The van der Waals surface area contributed by atoms with Crippen molar-refractivity contribution in [3.05, 3.63) is 34.3 Å². The van der Waals surface area contributed by atoms with Gasteiger partial charge in [0, 0.05) is 39.3 Å². The summed E-state index contributed by atoms with van der Waals surface area (Å²) in [6.45, 7) is 10.00. The van der Waals surface area contributed by atoms with Crippen LogP contribution in [0.2, 0.25) is 5.02 Å². The fraction of sp³-hybridized carbons (Fsp3) is 0.714. The number of rotatable bonds is 5. The number of benzene rings is 1. The first-order chi connectivity index (χ1) is 16.6. The molecule has 1 N–H and O–H groups in total. The third-order valence-corrected chi connectivity index (χ3v) is 8.82. The molecule has 0 unspecified atom stereocenters. The molecule has 4 aliphatic carbocycles. The number of nitrogens with one attached hydrogen (secondary N) is 1. The molecule has 0 atom stereocenters. The average molecular weight is 502 g/mol. The van der Waals surface area contributed by atoms with Crippen molar-refractivity contribution < 1.29 is 14.3 Å². The lowest BCUT2D eigenvalue weighted by Crippen LogP contribution is -2.51. The largest absolute Gasteiger partial charge is 0.444 e. The van der Waals surface area contributed by atoms with Crippen molar-refractivity contribution in [1.82, 2.24) is 15.1 Å². The Morgan fingerprint density at radius 1 is 1.03 bits per heavy atom. The molecule has 1 heterocycles. The van der Waals surface area contributed by atoms with Gasteiger partial charge in [-0.15, -0.1) is 0 Å². The van der Waals surface area contributed by atoms with E-state index in [9.17, 15) is 9.59 Å². The molecule has 6 rings (SSSR count). The Balaban J connectivity index is 1.15. The number of ether oxygens (including phenoxy) is 1. The number of hydrogen-bond donors (Lipinski definition) is 1. The van der Waals surface area contributed by atoms with Gasteiger partial charge in [-0.1, -0.05) is 17.7 Å². The summed E-state index contributed by atoms with van der Waals surface area (Å²) in [7, 11) is 0. The van der Waals surface area contributed by atoms with Crippen LogP contribution in [0.5, 0.6) is 0 Å². The molecule has 6 nitrogen and oxygen atoms in total. The van der Waals surface area contributed by atoms with Crippen molar-refractivity contribution in [1.29, 1.82) is 0 Å². The summed E-state index contributed by atoms with van der Waals surface area (Å²) >= 11 is 6.46. The van der Waals surface area contributed by atoms with E-state index < -0.39 is 5.60 Å². The van der Waals surface area contributed by atoms with Crippen molar-refractivity contribution in [3.8, 4) is 0 Å². The van der Waals surface area contributed by atoms with Crippen molar-refractivity contribution in [3.63, 3.8) is 0 Å². The van der Waals surface area contributed by atoms with E-state index in [1.807, 2.05) is 39.0 Å². The molecule has 1 aromatic rings. The summed E-state index contributed by atoms with van der Waals surface area (Å²) in [5.74, 6) is 2.57. The van der Waals surface area contributed by atoms with Crippen LogP contribution < -0.4 is 5.32 Å². The van der Waals surface area contributed by atoms with Gasteiger partial charge in [-0.3, -0.25) is 9.69 Å². The predicted molar refractivity (Wildman–Crippen MR) is 137 cm³/mol. The molecule has 2 amide bonds. The molecular formula is C28H40ClN3O3. The lowest BCUT2D eigenvalue weighted by molar-refractivity contribution is -0.0503. The second-order valence-electron chi connectivity index (χ2n) is 12.7. The van der Waals surface area contributed by atoms with E-state index in [1.54, 1.807) is 4.90 Å². The average Bonchev–Trinajstić information content (AvgIpc) is 2.77. The summed E-state index contributed by atoms with van der Waals surface area (Å²) in [6, 6.07) is 5.78. The van der Waals surface area contributed by atoms with Crippen LogP contribution in [0.4, 0.5) is 4.79 Å². The highest BCUT2D eigenvalue weighted by molar-refractivity contribution is 6.33. The highest BCUT2D eigenvalue weighted by atomic mass is 35.5. The first-order valence-electron chi connectivity index (χ1n) is 13.3. The Labute approximate surface area is 214 Å². The quantitative estimate of drug-likeness (QED) is 0.591. The second kappa shape index (κ2) is 9.59. The van der Waals surface area contributed by atoms with E-state index in [4.69, 9.17) is 16.3 Å². The van der Waals surface area contributed by atoms with E-state index in [0.29, 0.717) is 29.1 Å². The number of amides is 2. The van der Waals surface area contributed by atoms with Crippen LogP contribution in [0.3, 0.4) is 0 Å². The third kappa shape index (κ3) is 5.80. The van der Waals surface area contributed by atoms with Gasteiger partial charge in [-0.25, -0.2) is 4.79 Å². The van der Waals surface area contributed by atoms with E-state index in [0.717, 1.165) is 49.5 Å². The summed E-state index contributed by atoms with van der Waals surface area (Å²) in [4.78, 5) is 29.6. The number of hydrogen-bond acceptors (Lipinski definition) is 4. The Morgan fingerprint density at radius 3 is 2.20 bits per heavy atom. The smallest absolute Gasteiger partial charge is 0.410 e. The van der Waals surface area contributed by atoms with Gasteiger partial charge >= 0.3 is 6.09 Å². The molecule has 0 radical (unpaired) electrons. The number of nitrogens with zero attached hydrogens (tertiary/aromatic N) is 2. The van der Waals surface area contributed by atoms with Gasteiger partial charge in [0.1, 0.15) is 5.60 Å². The normalized spacial score (nSPS) is 30.4. The molecule has 5 fully saturated rings. The maximum absolute atomic E-state index is 13.2. The molecule has 5 aliphatic rings. The SMILES string of the molecule is CC(C)(C)OC(=O)N1CCN(Cc2ccc(Cl)c(C(=O)NCC34CC5CC(CC(C5)C3)C4)c2)CC1. The fourth-order valence-electron chi connectivity index (χ4n) is 7.39. The zero-order valence-electron chi connectivity index (χ0n) is 21.4. The maximum Gasteiger partial charge on any atom is 0.410 e. The minimum Gasteiger partial charge on any atom is -0.444 e. The zero-order valence-corrected chi connectivity index (χ0v) is 22.2. The van der Waals surface area contributed by atoms with Gasteiger partial charge < -0.3 is 15.0 Å². The van der Waals surface area contributed by atoms with Crippen LogP contribution in [-0.2, 0) is 11.3 Å². The minimum atomic E-state index is -0.482.